The molecule has 0 aromatic carbocycles. The SMILES string of the molecule is CCOC(OC)=C1N=[NH+]C=C1C. The van der Waals surface area contributed by atoms with E-state index in [-0.39, 0.29) is 0 Å². The molecule has 66 valence electrons. The second-order valence-corrected chi connectivity index (χ2v) is 2.34. The molecule has 1 rings (SSSR count). The predicted octanol–water partition coefficient (Wildman–Crippen LogP) is 0.289. The number of methoxy groups -OCH3 is 1. The zero-order chi connectivity index (χ0) is 8.97. The van der Waals surface area contributed by atoms with Crippen molar-refractivity contribution in [2.24, 2.45) is 5.11 Å². The highest BCUT2D eigenvalue weighted by Crippen LogP contribution is 2.17. The normalized spacial score (nSPS) is 19.1. The molecule has 0 fully saturated rings. The molecule has 0 aliphatic carbocycles. The van der Waals surface area contributed by atoms with Crippen molar-refractivity contribution in [1.29, 1.82) is 0 Å². The first-order valence-electron chi connectivity index (χ1n) is 3.84. The Morgan fingerprint density at radius 1 is 1.67 bits per heavy atom. The van der Waals surface area contributed by atoms with Gasteiger partial charge in [-0.2, -0.15) is 0 Å². The van der Waals surface area contributed by atoms with Gasteiger partial charge in [0, 0.05) is 5.11 Å². The van der Waals surface area contributed by atoms with E-state index in [0.717, 1.165) is 11.3 Å². The molecular formula is C8H13N2O2+. The summed E-state index contributed by atoms with van der Waals surface area (Å²) < 4.78 is 10.3. The lowest BCUT2D eigenvalue weighted by Gasteiger charge is -2.06. The first-order chi connectivity index (χ1) is 5.79. The number of rotatable bonds is 3. The van der Waals surface area contributed by atoms with Crippen LogP contribution in [-0.4, -0.2) is 13.7 Å². The van der Waals surface area contributed by atoms with Crippen LogP contribution in [0.1, 0.15) is 13.8 Å². The van der Waals surface area contributed by atoms with Crippen LogP contribution in [0.25, 0.3) is 0 Å². The molecule has 4 nitrogen and oxygen atoms in total. The third-order valence-electron chi connectivity index (χ3n) is 1.49. The summed E-state index contributed by atoms with van der Waals surface area (Å²) in [6, 6.07) is 0. The zero-order valence-electron chi connectivity index (χ0n) is 7.55. The lowest BCUT2D eigenvalue weighted by atomic mass is 10.3. The molecule has 0 radical (unpaired) electrons. The third-order valence-corrected chi connectivity index (χ3v) is 1.49. The number of nitrogens with zero attached hydrogens (tertiary/aromatic N) is 1. The highest BCUT2D eigenvalue weighted by atomic mass is 16.7. The van der Waals surface area contributed by atoms with Gasteiger partial charge >= 0.3 is 5.95 Å². The average Bonchev–Trinajstić information content (AvgIpc) is 2.47. The Morgan fingerprint density at radius 2 is 2.42 bits per heavy atom. The number of hydrogen-bond donors (Lipinski definition) is 1. The molecule has 1 aliphatic rings. The zero-order valence-corrected chi connectivity index (χ0v) is 7.55. The molecule has 0 saturated heterocycles. The summed E-state index contributed by atoms with van der Waals surface area (Å²) in [6.07, 6.45) is 1.80. The molecule has 0 spiro atoms. The maximum atomic E-state index is 5.23. The summed E-state index contributed by atoms with van der Waals surface area (Å²) in [5, 5.41) is 6.73. The van der Waals surface area contributed by atoms with Gasteiger partial charge in [-0.25, -0.2) is 0 Å². The number of nitrogens with one attached hydrogen (secondary N) is 1. The lowest BCUT2D eigenvalue weighted by Crippen LogP contribution is -2.55. The molecule has 0 saturated carbocycles. The predicted molar refractivity (Wildman–Crippen MR) is 42.8 cm³/mol. The van der Waals surface area contributed by atoms with E-state index in [4.69, 9.17) is 9.47 Å². The van der Waals surface area contributed by atoms with Crippen molar-refractivity contribution >= 4 is 0 Å². The van der Waals surface area contributed by atoms with Gasteiger partial charge in [0.1, 0.15) is 0 Å². The molecule has 1 N–H and O–H groups in total. The van der Waals surface area contributed by atoms with Gasteiger partial charge in [0.2, 0.25) is 5.70 Å². The fourth-order valence-electron chi connectivity index (χ4n) is 0.912. The number of allylic oxidation sites excluding steroid dienone is 1. The highest BCUT2D eigenvalue weighted by Gasteiger charge is 2.18. The van der Waals surface area contributed by atoms with E-state index in [1.54, 1.807) is 13.3 Å². The van der Waals surface area contributed by atoms with Crippen LogP contribution >= 0.6 is 0 Å². The lowest BCUT2D eigenvalue weighted by molar-refractivity contribution is -0.447. The summed E-state index contributed by atoms with van der Waals surface area (Å²) in [4.78, 5) is 0. The summed E-state index contributed by atoms with van der Waals surface area (Å²) in [6.45, 7) is 4.42. The van der Waals surface area contributed by atoms with E-state index in [1.165, 1.54) is 0 Å². The first-order valence-corrected chi connectivity index (χ1v) is 3.84. The molecular weight excluding hydrogens is 156 g/mol. The molecule has 0 aromatic heterocycles. The second-order valence-electron chi connectivity index (χ2n) is 2.34. The highest BCUT2D eigenvalue weighted by molar-refractivity contribution is 5.27. The van der Waals surface area contributed by atoms with Crippen LogP contribution in [0, 0.1) is 0 Å². The summed E-state index contributed by atoms with van der Waals surface area (Å²) >= 11 is 0. The standard InChI is InChI=1S/C8H12N2O2/c1-4-12-8(11-3)7-6(2)5-9-10-7/h5H,4H2,1-3H3/p+1. The average molecular weight is 169 g/mol. The van der Waals surface area contributed by atoms with Crippen molar-refractivity contribution in [3.63, 3.8) is 0 Å². The third kappa shape index (κ3) is 1.64. The Morgan fingerprint density at radius 3 is 2.83 bits per heavy atom. The molecule has 0 aromatic rings. The minimum atomic E-state index is 0.469. The maximum Gasteiger partial charge on any atom is 0.312 e. The molecule has 0 atom stereocenters. The van der Waals surface area contributed by atoms with Gasteiger partial charge in [0.05, 0.1) is 19.3 Å². The van der Waals surface area contributed by atoms with E-state index in [1.807, 2.05) is 13.8 Å². The minimum absolute atomic E-state index is 0.469. The van der Waals surface area contributed by atoms with Crippen molar-refractivity contribution in [3.05, 3.63) is 23.4 Å². The monoisotopic (exact) mass is 169 g/mol. The second kappa shape index (κ2) is 3.90. The van der Waals surface area contributed by atoms with Crippen molar-refractivity contribution in [2.75, 3.05) is 13.7 Å². The summed E-state index contributed by atoms with van der Waals surface area (Å²) in [7, 11) is 1.57. The molecule has 0 bridgehead atoms. The van der Waals surface area contributed by atoms with Crippen LogP contribution in [0.4, 0.5) is 0 Å². The van der Waals surface area contributed by atoms with E-state index < -0.39 is 0 Å². The van der Waals surface area contributed by atoms with Crippen LogP contribution in [0.5, 0.6) is 0 Å². The van der Waals surface area contributed by atoms with Crippen molar-refractivity contribution in [1.82, 2.24) is 0 Å². The number of ether oxygens (including phenoxy) is 2. The van der Waals surface area contributed by atoms with E-state index >= 15 is 0 Å². The topological polar surface area (TPSA) is 44.8 Å². The van der Waals surface area contributed by atoms with Crippen molar-refractivity contribution in [2.45, 2.75) is 13.8 Å². The van der Waals surface area contributed by atoms with E-state index in [0.29, 0.717) is 12.6 Å². The molecule has 0 amide bonds. The van der Waals surface area contributed by atoms with Crippen molar-refractivity contribution in [3.8, 4) is 0 Å². The molecule has 4 heteroatoms. The van der Waals surface area contributed by atoms with Crippen LogP contribution in [0.3, 0.4) is 0 Å². The van der Waals surface area contributed by atoms with Gasteiger partial charge in [0.25, 0.3) is 0 Å². The van der Waals surface area contributed by atoms with Gasteiger partial charge in [-0.1, -0.05) is 0 Å². The Kier molecular flexibility index (Phi) is 2.85. The van der Waals surface area contributed by atoms with Crippen LogP contribution in [0.2, 0.25) is 0 Å². The van der Waals surface area contributed by atoms with E-state index in [9.17, 15) is 0 Å². The fourth-order valence-corrected chi connectivity index (χ4v) is 0.912. The minimum Gasteiger partial charge on any atom is -0.467 e. The Bertz CT molecular complexity index is 254. The van der Waals surface area contributed by atoms with Gasteiger partial charge in [-0.15, -0.1) is 5.11 Å². The summed E-state index contributed by atoms with van der Waals surface area (Å²) in [5.74, 6) is 0.469. The van der Waals surface area contributed by atoms with Crippen LogP contribution in [-0.2, 0) is 9.47 Å². The number of hydrogen-bond acceptors (Lipinski definition) is 3. The maximum absolute atomic E-state index is 5.23. The quantitative estimate of drug-likeness (QED) is 0.617. The Labute approximate surface area is 71.6 Å². The van der Waals surface area contributed by atoms with Crippen LogP contribution < -0.4 is 5.11 Å². The van der Waals surface area contributed by atoms with Gasteiger partial charge in [-0.3, -0.25) is 0 Å². The molecule has 12 heavy (non-hydrogen) atoms. The Balaban J connectivity index is 2.85. The molecule has 1 aliphatic heterocycles. The molecule has 1 heterocycles. The largest absolute Gasteiger partial charge is 0.467 e. The van der Waals surface area contributed by atoms with Gasteiger partial charge in [-0.05, 0) is 13.8 Å². The molecule has 0 unspecified atom stereocenters. The fraction of sp³-hybridized carbons (Fsp3) is 0.500. The first kappa shape index (κ1) is 8.77. The smallest absolute Gasteiger partial charge is 0.312 e. The van der Waals surface area contributed by atoms with Crippen LogP contribution in [0.15, 0.2) is 28.5 Å². The van der Waals surface area contributed by atoms with E-state index in [2.05, 4.69) is 10.2 Å². The Hall–Kier alpha value is -1.32. The van der Waals surface area contributed by atoms with Gasteiger partial charge < -0.3 is 9.47 Å². The van der Waals surface area contributed by atoms with Gasteiger partial charge in [0.15, 0.2) is 6.20 Å². The van der Waals surface area contributed by atoms with Crippen molar-refractivity contribution < 1.29 is 14.6 Å². The summed E-state index contributed by atoms with van der Waals surface area (Å²) in [5.41, 5.74) is 1.75. The number of azo groups is 1.